The van der Waals surface area contributed by atoms with Crippen molar-refractivity contribution >= 4 is 27.3 Å². The van der Waals surface area contributed by atoms with E-state index < -0.39 is 10.0 Å². The van der Waals surface area contributed by atoms with Gasteiger partial charge in [0.1, 0.15) is 4.21 Å². The van der Waals surface area contributed by atoms with Crippen LogP contribution in [0.5, 0.6) is 0 Å². The number of amides is 1. The molecule has 0 saturated carbocycles. The Morgan fingerprint density at radius 1 is 1.38 bits per heavy atom. The fraction of sp³-hybridized carbons (Fsp3) is 0.231. The Balaban J connectivity index is 1.90. The van der Waals surface area contributed by atoms with Gasteiger partial charge in [0.25, 0.3) is 5.91 Å². The summed E-state index contributed by atoms with van der Waals surface area (Å²) >= 11 is 1.11. The van der Waals surface area contributed by atoms with Crippen LogP contribution in [0.1, 0.15) is 20.8 Å². The first-order chi connectivity index (χ1) is 9.86. The summed E-state index contributed by atoms with van der Waals surface area (Å²) in [5.74, 6) is -0.200. The van der Waals surface area contributed by atoms with Crippen LogP contribution in [-0.4, -0.2) is 25.9 Å². The lowest BCUT2D eigenvalue weighted by Crippen LogP contribution is -2.25. The largest absolute Gasteiger partial charge is 0.352 e. The highest BCUT2D eigenvalue weighted by atomic mass is 32.2. The summed E-state index contributed by atoms with van der Waals surface area (Å²) in [7, 11) is -3.65. The van der Waals surface area contributed by atoms with Crippen molar-refractivity contribution in [1.29, 1.82) is 0 Å². The molecule has 0 bridgehead atoms. The van der Waals surface area contributed by atoms with Gasteiger partial charge in [-0.15, -0.1) is 11.3 Å². The first-order valence-corrected chi connectivity index (χ1v) is 8.54. The Morgan fingerprint density at radius 3 is 2.76 bits per heavy atom. The van der Waals surface area contributed by atoms with Gasteiger partial charge in [0.15, 0.2) is 0 Å². The van der Waals surface area contributed by atoms with Gasteiger partial charge in [-0.05, 0) is 37.1 Å². The van der Waals surface area contributed by atoms with Gasteiger partial charge in [0.2, 0.25) is 10.0 Å². The van der Waals surface area contributed by atoms with Crippen LogP contribution in [0.4, 0.5) is 0 Å². The van der Waals surface area contributed by atoms with Crippen molar-refractivity contribution in [3.8, 4) is 0 Å². The van der Waals surface area contributed by atoms with Gasteiger partial charge in [-0.1, -0.05) is 0 Å². The minimum atomic E-state index is -3.65. The van der Waals surface area contributed by atoms with Crippen LogP contribution in [0.25, 0.3) is 0 Å². The van der Waals surface area contributed by atoms with E-state index in [1.807, 2.05) is 6.92 Å². The molecule has 21 heavy (non-hydrogen) atoms. The summed E-state index contributed by atoms with van der Waals surface area (Å²) in [6.45, 7) is 2.28. The Kier molecular flexibility index (Phi) is 4.71. The molecule has 0 spiro atoms. The number of carbonyl (C=O) groups is 1. The Bertz CT molecular complexity index is 754. The minimum Gasteiger partial charge on any atom is -0.352 e. The topological polar surface area (TPSA) is 102 Å². The maximum absolute atomic E-state index is 11.9. The number of nitrogens with one attached hydrogen (secondary N) is 1. The number of hydrogen-bond acceptors (Lipinski definition) is 5. The summed E-state index contributed by atoms with van der Waals surface area (Å²) in [5.41, 5.74) is 1.42. The highest BCUT2D eigenvalue weighted by Crippen LogP contribution is 2.20. The molecule has 1 amide bonds. The molecule has 2 rings (SSSR count). The first kappa shape index (κ1) is 15.6. The number of sulfonamides is 1. The zero-order chi connectivity index (χ0) is 15.5. The molecule has 0 unspecified atom stereocenters. The van der Waals surface area contributed by atoms with Crippen LogP contribution >= 0.6 is 11.3 Å². The smallest absolute Gasteiger partial charge is 0.252 e. The van der Waals surface area contributed by atoms with E-state index in [-0.39, 0.29) is 10.1 Å². The Hall–Kier alpha value is -1.77. The number of nitrogens with two attached hydrogens (primary N) is 1. The van der Waals surface area contributed by atoms with Crippen molar-refractivity contribution in [1.82, 2.24) is 10.3 Å². The molecule has 2 aromatic rings. The second-order valence-corrected chi connectivity index (χ2v) is 7.48. The van der Waals surface area contributed by atoms with Crippen LogP contribution in [0.2, 0.25) is 0 Å². The van der Waals surface area contributed by atoms with Crippen molar-refractivity contribution in [3.05, 3.63) is 46.6 Å². The molecule has 8 heteroatoms. The van der Waals surface area contributed by atoms with Crippen LogP contribution in [-0.2, 0) is 16.4 Å². The molecule has 0 saturated heterocycles. The molecule has 2 aromatic heterocycles. The fourth-order valence-electron chi connectivity index (χ4n) is 1.73. The molecule has 0 aromatic carbocycles. The standard InChI is InChI=1S/C13H15N3O3S2/c1-9-6-10(8-15-7-9)13(17)16-5-4-11-2-3-12(20-11)21(14,18)19/h2-3,6-8H,4-5H2,1H3,(H,16,17)(H2,14,18,19). The number of pyridine rings is 1. The number of carbonyl (C=O) groups excluding carboxylic acids is 1. The van der Waals surface area contributed by atoms with Crippen LogP contribution in [0, 0.1) is 6.92 Å². The highest BCUT2D eigenvalue weighted by molar-refractivity contribution is 7.91. The third-order valence-electron chi connectivity index (χ3n) is 2.71. The molecule has 6 nitrogen and oxygen atoms in total. The van der Waals surface area contributed by atoms with Crippen LogP contribution < -0.4 is 10.5 Å². The summed E-state index contributed by atoms with van der Waals surface area (Å²) in [4.78, 5) is 16.7. The molecule has 0 fully saturated rings. The lowest BCUT2D eigenvalue weighted by Gasteiger charge is -2.04. The first-order valence-electron chi connectivity index (χ1n) is 6.17. The van der Waals surface area contributed by atoms with Crippen molar-refractivity contribution in [2.24, 2.45) is 5.14 Å². The molecule has 3 N–H and O–H groups in total. The monoisotopic (exact) mass is 325 g/mol. The molecule has 0 aliphatic carbocycles. The molecular weight excluding hydrogens is 310 g/mol. The van der Waals surface area contributed by atoms with Crippen molar-refractivity contribution in [2.45, 2.75) is 17.6 Å². The van der Waals surface area contributed by atoms with Gasteiger partial charge in [-0.2, -0.15) is 0 Å². The second-order valence-electron chi connectivity index (χ2n) is 4.52. The van der Waals surface area contributed by atoms with E-state index in [9.17, 15) is 13.2 Å². The Morgan fingerprint density at radius 2 is 2.14 bits per heavy atom. The van der Waals surface area contributed by atoms with E-state index in [2.05, 4.69) is 10.3 Å². The normalized spacial score (nSPS) is 11.3. The SMILES string of the molecule is Cc1cncc(C(=O)NCCc2ccc(S(N)(=O)=O)s2)c1. The van der Waals surface area contributed by atoms with E-state index in [1.54, 1.807) is 18.3 Å². The maximum atomic E-state index is 11.9. The quantitative estimate of drug-likeness (QED) is 0.858. The van der Waals surface area contributed by atoms with Crippen molar-refractivity contribution in [2.75, 3.05) is 6.54 Å². The fourth-order valence-corrected chi connectivity index (χ4v) is 3.50. The van der Waals surface area contributed by atoms with Crippen LogP contribution in [0.15, 0.2) is 34.8 Å². The van der Waals surface area contributed by atoms with Gasteiger partial charge in [-0.25, -0.2) is 13.6 Å². The summed E-state index contributed by atoms with van der Waals surface area (Å²) in [5, 5.41) is 7.81. The molecule has 0 aliphatic heterocycles. The van der Waals surface area contributed by atoms with E-state index in [4.69, 9.17) is 5.14 Å². The molecule has 2 heterocycles. The van der Waals surface area contributed by atoms with Gasteiger partial charge in [0.05, 0.1) is 5.56 Å². The summed E-state index contributed by atoms with van der Waals surface area (Å²) in [6, 6.07) is 4.93. The average molecular weight is 325 g/mol. The van der Waals surface area contributed by atoms with Gasteiger partial charge in [0, 0.05) is 23.8 Å². The second kappa shape index (κ2) is 6.33. The number of aryl methyl sites for hydroxylation is 1. The molecule has 0 radical (unpaired) electrons. The molecule has 112 valence electrons. The zero-order valence-electron chi connectivity index (χ0n) is 11.4. The summed E-state index contributed by atoms with van der Waals surface area (Å²) in [6.07, 6.45) is 3.73. The number of primary sulfonamides is 1. The number of rotatable bonds is 5. The van der Waals surface area contributed by atoms with E-state index in [1.165, 1.54) is 12.3 Å². The van der Waals surface area contributed by atoms with Crippen molar-refractivity contribution < 1.29 is 13.2 Å². The summed E-state index contributed by atoms with van der Waals surface area (Å²) < 4.78 is 22.4. The van der Waals surface area contributed by atoms with Gasteiger partial charge >= 0.3 is 0 Å². The third kappa shape index (κ3) is 4.35. The number of aromatic nitrogens is 1. The van der Waals surface area contributed by atoms with Crippen molar-refractivity contribution in [3.63, 3.8) is 0 Å². The van der Waals surface area contributed by atoms with E-state index in [0.29, 0.717) is 18.5 Å². The predicted octanol–water partition coefficient (Wildman–Crippen LogP) is 1.07. The van der Waals surface area contributed by atoms with Gasteiger partial charge in [-0.3, -0.25) is 9.78 Å². The van der Waals surface area contributed by atoms with Gasteiger partial charge < -0.3 is 5.32 Å². The minimum absolute atomic E-state index is 0.131. The van der Waals surface area contributed by atoms with E-state index in [0.717, 1.165) is 21.8 Å². The van der Waals surface area contributed by atoms with E-state index >= 15 is 0 Å². The lowest BCUT2D eigenvalue weighted by atomic mass is 10.2. The number of thiophene rings is 1. The average Bonchev–Trinajstić information content (AvgIpc) is 2.87. The van der Waals surface area contributed by atoms with Crippen LogP contribution in [0.3, 0.4) is 0 Å². The highest BCUT2D eigenvalue weighted by Gasteiger charge is 2.11. The number of hydrogen-bond donors (Lipinski definition) is 2. The molecular formula is C13H15N3O3S2. The molecule has 0 aliphatic rings. The Labute approximate surface area is 127 Å². The zero-order valence-corrected chi connectivity index (χ0v) is 13.0. The predicted molar refractivity (Wildman–Crippen MR) is 80.7 cm³/mol. The number of nitrogens with zero attached hydrogens (tertiary/aromatic N) is 1. The maximum Gasteiger partial charge on any atom is 0.252 e. The third-order valence-corrected chi connectivity index (χ3v) is 5.30. The lowest BCUT2D eigenvalue weighted by molar-refractivity contribution is 0.0953. The molecule has 0 atom stereocenters.